The highest BCUT2D eigenvalue weighted by Gasteiger charge is 2.43. The van der Waals surface area contributed by atoms with Gasteiger partial charge in [0.1, 0.15) is 5.54 Å². The van der Waals surface area contributed by atoms with Crippen molar-refractivity contribution in [1.29, 1.82) is 0 Å². The zero-order valence-electron chi connectivity index (χ0n) is 12.2. The molecule has 1 aromatic rings. The summed E-state index contributed by atoms with van der Waals surface area (Å²) >= 11 is 0. The Morgan fingerprint density at radius 3 is 2.82 bits per heavy atom. The average molecular weight is 302 g/mol. The summed E-state index contributed by atoms with van der Waals surface area (Å²) in [7, 11) is 0. The number of imide groups is 1. The van der Waals surface area contributed by atoms with E-state index in [1.807, 2.05) is 0 Å². The molecule has 4 amide bonds. The van der Waals surface area contributed by atoms with Crippen LogP contribution in [0.3, 0.4) is 0 Å². The normalized spacial score (nSPS) is 27.4. The third-order valence-electron chi connectivity index (χ3n) is 4.13. The van der Waals surface area contributed by atoms with Crippen LogP contribution in [0.25, 0.3) is 0 Å². The van der Waals surface area contributed by atoms with Gasteiger partial charge in [-0.05, 0) is 44.0 Å². The summed E-state index contributed by atoms with van der Waals surface area (Å²) in [6.07, 6.45) is 1.81. The van der Waals surface area contributed by atoms with Gasteiger partial charge < -0.3 is 16.0 Å². The van der Waals surface area contributed by atoms with Gasteiger partial charge in [0.05, 0.1) is 6.04 Å². The predicted octanol–water partition coefficient (Wildman–Crippen LogP) is 0.432. The first-order valence-corrected chi connectivity index (χ1v) is 7.27. The van der Waals surface area contributed by atoms with E-state index in [1.165, 1.54) is 0 Å². The first kappa shape index (κ1) is 14.5. The van der Waals surface area contributed by atoms with Gasteiger partial charge in [0, 0.05) is 5.69 Å². The number of rotatable bonds is 3. The molecule has 0 aliphatic carbocycles. The van der Waals surface area contributed by atoms with Gasteiger partial charge in [-0.2, -0.15) is 0 Å². The first-order valence-electron chi connectivity index (χ1n) is 7.27. The molecule has 2 atom stereocenters. The van der Waals surface area contributed by atoms with E-state index in [9.17, 15) is 14.4 Å². The zero-order valence-corrected chi connectivity index (χ0v) is 12.2. The van der Waals surface area contributed by atoms with Crippen LogP contribution in [-0.4, -0.2) is 30.4 Å². The Balaban J connectivity index is 1.79. The highest BCUT2D eigenvalue weighted by Crippen LogP contribution is 2.26. The molecular formula is C15H18N4O3. The van der Waals surface area contributed by atoms with E-state index >= 15 is 0 Å². The van der Waals surface area contributed by atoms with Crippen molar-refractivity contribution >= 4 is 23.5 Å². The summed E-state index contributed by atoms with van der Waals surface area (Å²) in [6, 6.07) is 6.27. The lowest BCUT2D eigenvalue weighted by molar-refractivity contribution is -0.123. The van der Waals surface area contributed by atoms with Crippen LogP contribution in [0.2, 0.25) is 0 Å². The monoisotopic (exact) mass is 302 g/mol. The Hall–Kier alpha value is -2.41. The quantitative estimate of drug-likeness (QED) is 0.609. The summed E-state index contributed by atoms with van der Waals surface area (Å²) in [5, 5.41) is 10.8. The molecule has 116 valence electrons. The topological polar surface area (TPSA) is 99.3 Å². The standard InChI is InChI=1S/C15H18N4O3/c1-15(13(21)18-14(22)19-15)9-4-2-5-10(8-9)17-12(20)11-6-3-7-16-11/h2,4-5,8,11,16H,3,6-7H2,1H3,(H,17,20)(H2,18,19,21,22). The molecule has 3 rings (SSSR count). The smallest absolute Gasteiger partial charge is 0.322 e. The summed E-state index contributed by atoms with van der Waals surface area (Å²) in [4.78, 5) is 35.4. The van der Waals surface area contributed by atoms with Crippen molar-refractivity contribution < 1.29 is 14.4 Å². The van der Waals surface area contributed by atoms with Gasteiger partial charge in [-0.15, -0.1) is 0 Å². The Morgan fingerprint density at radius 1 is 1.36 bits per heavy atom. The number of hydrogen-bond acceptors (Lipinski definition) is 4. The van der Waals surface area contributed by atoms with Crippen LogP contribution < -0.4 is 21.3 Å². The fraction of sp³-hybridized carbons (Fsp3) is 0.400. The average Bonchev–Trinajstić information content (AvgIpc) is 3.09. The number of amides is 4. The third-order valence-corrected chi connectivity index (χ3v) is 4.13. The molecule has 7 heteroatoms. The van der Waals surface area contributed by atoms with Crippen molar-refractivity contribution in [3.05, 3.63) is 29.8 Å². The predicted molar refractivity (Wildman–Crippen MR) is 80.1 cm³/mol. The molecule has 0 spiro atoms. The molecule has 2 fully saturated rings. The molecule has 2 aliphatic rings. The molecular weight excluding hydrogens is 284 g/mol. The fourth-order valence-electron chi connectivity index (χ4n) is 2.79. The number of anilines is 1. The van der Waals surface area contributed by atoms with Gasteiger partial charge >= 0.3 is 6.03 Å². The van der Waals surface area contributed by atoms with Gasteiger partial charge in [-0.1, -0.05) is 12.1 Å². The minimum absolute atomic E-state index is 0.0836. The Bertz CT molecular complexity index is 639. The van der Waals surface area contributed by atoms with Crippen molar-refractivity contribution in [2.75, 3.05) is 11.9 Å². The SMILES string of the molecule is CC1(c2cccc(NC(=O)C3CCCN3)c2)NC(=O)NC1=O. The van der Waals surface area contributed by atoms with Crippen molar-refractivity contribution in [3.63, 3.8) is 0 Å². The van der Waals surface area contributed by atoms with Crippen LogP contribution in [0.5, 0.6) is 0 Å². The van der Waals surface area contributed by atoms with Gasteiger partial charge in [-0.3, -0.25) is 14.9 Å². The second-order valence-corrected chi connectivity index (χ2v) is 5.75. The minimum Gasteiger partial charge on any atom is -0.325 e. The van der Waals surface area contributed by atoms with E-state index in [0.29, 0.717) is 11.3 Å². The lowest BCUT2D eigenvalue weighted by Gasteiger charge is -2.22. The summed E-state index contributed by atoms with van der Waals surface area (Å²) in [5.41, 5.74) is 0.100. The van der Waals surface area contributed by atoms with Gasteiger partial charge in [0.15, 0.2) is 0 Å². The maximum Gasteiger partial charge on any atom is 0.322 e. The summed E-state index contributed by atoms with van der Waals surface area (Å²) < 4.78 is 0. The fourth-order valence-corrected chi connectivity index (χ4v) is 2.79. The molecule has 0 radical (unpaired) electrons. The number of benzene rings is 1. The second-order valence-electron chi connectivity index (χ2n) is 5.75. The van der Waals surface area contributed by atoms with Crippen LogP contribution in [0.1, 0.15) is 25.3 Å². The molecule has 0 bridgehead atoms. The van der Waals surface area contributed by atoms with Gasteiger partial charge in [-0.25, -0.2) is 4.79 Å². The van der Waals surface area contributed by atoms with Crippen LogP contribution in [0.15, 0.2) is 24.3 Å². The molecule has 0 saturated carbocycles. The van der Waals surface area contributed by atoms with E-state index < -0.39 is 17.5 Å². The van der Waals surface area contributed by atoms with Crippen molar-refractivity contribution in [2.45, 2.75) is 31.3 Å². The number of hydrogen-bond donors (Lipinski definition) is 4. The minimum atomic E-state index is -1.12. The number of urea groups is 1. The van der Waals surface area contributed by atoms with E-state index in [1.54, 1.807) is 31.2 Å². The second kappa shape index (κ2) is 5.42. The maximum absolute atomic E-state index is 12.1. The third kappa shape index (κ3) is 2.55. The van der Waals surface area contributed by atoms with Gasteiger partial charge in [0.25, 0.3) is 5.91 Å². The van der Waals surface area contributed by atoms with Crippen LogP contribution in [0.4, 0.5) is 10.5 Å². The number of nitrogens with one attached hydrogen (secondary N) is 4. The lowest BCUT2D eigenvalue weighted by Crippen LogP contribution is -2.40. The molecule has 2 aliphatic heterocycles. The molecule has 22 heavy (non-hydrogen) atoms. The van der Waals surface area contributed by atoms with E-state index in [-0.39, 0.29) is 11.9 Å². The van der Waals surface area contributed by atoms with Crippen LogP contribution >= 0.6 is 0 Å². The molecule has 2 unspecified atom stereocenters. The summed E-state index contributed by atoms with van der Waals surface area (Å²) in [5.74, 6) is -0.488. The van der Waals surface area contributed by atoms with Crippen LogP contribution in [0, 0.1) is 0 Å². The van der Waals surface area contributed by atoms with Crippen LogP contribution in [-0.2, 0) is 15.1 Å². The molecule has 4 N–H and O–H groups in total. The Kier molecular flexibility index (Phi) is 3.58. The van der Waals surface area contributed by atoms with E-state index in [4.69, 9.17) is 0 Å². The van der Waals surface area contributed by atoms with Gasteiger partial charge in [0.2, 0.25) is 5.91 Å². The molecule has 2 heterocycles. The summed E-state index contributed by atoms with van der Waals surface area (Å²) in [6.45, 7) is 2.48. The Labute approximate surface area is 127 Å². The number of carbonyl (C=O) groups is 3. The largest absolute Gasteiger partial charge is 0.325 e. The number of carbonyl (C=O) groups excluding carboxylic acids is 3. The molecule has 1 aromatic carbocycles. The zero-order chi connectivity index (χ0) is 15.7. The maximum atomic E-state index is 12.1. The molecule has 7 nitrogen and oxygen atoms in total. The Morgan fingerprint density at radius 2 is 2.18 bits per heavy atom. The van der Waals surface area contributed by atoms with E-state index in [2.05, 4.69) is 21.3 Å². The van der Waals surface area contributed by atoms with Crippen molar-refractivity contribution in [1.82, 2.24) is 16.0 Å². The highest BCUT2D eigenvalue weighted by molar-refractivity contribution is 6.07. The lowest BCUT2D eigenvalue weighted by atomic mass is 9.92. The molecule has 0 aromatic heterocycles. The first-order chi connectivity index (χ1) is 10.5. The molecule has 2 saturated heterocycles. The van der Waals surface area contributed by atoms with E-state index in [0.717, 1.165) is 19.4 Å². The van der Waals surface area contributed by atoms with Crippen molar-refractivity contribution in [2.24, 2.45) is 0 Å². The highest BCUT2D eigenvalue weighted by atomic mass is 16.2. The van der Waals surface area contributed by atoms with Crippen molar-refractivity contribution in [3.8, 4) is 0 Å².